The van der Waals surface area contributed by atoms with Gasteiger partial charge in [-0.1, -0.05) is 6.92 Å². The van der Waals surface area contributed by atoms with E-state index in [4.69, 9.17) is 0 Å². The van der Waals surface area contributed by atoms with Gasteiger partial charge < -0.3 is 10.2 Å². The van der Waals surface area contributed by atoms with Crippen LogP contribution in [-0.4, -0.2) is 46.0 Å². The minimum Gasteiger partial charge on any atom is -0.352 e. The van der Waals surface area contributed by atoms with E-state index in [1.54, 1.807) is 0 Å². The highest BCUT2D eigenvalue weighted by molar-refractivity contribution is 7.17. The van der Waals surface area contributed by atoms with Crippen LogP contribution >= 0.6 is 11.3 Å². The van der Waals surface area contributed by atoms with Crippen LogP contribution in [0.3, 0.4) is 0 Å². The fraction of sp³-hybridized carbons (Fsp3) is 0.533. The van der Waals surface area contributed by atoms with Gasteiger partial charge in [-0.3, -0.25) is 14.2 Å². The Hall–Kier alpha value is -1.73. The first-order valence-electron chi connectivity index (χ1n) is 7.61. The molecule has 0 aliphatic carbocycles. The van der Waals surface area contributed by atoms with Crippen molar-refractivity contribution < 1.29 is 4.79 Å². The van der Waals surface area contributed by atoms with E-state index in [-0.39, 0.29) is 24.1 Å². The molecule has 6 nitrogen and oxygen atoms in total. The lowest BCUT2D eigenvalue weighted by Crippen LogP contribution is -2.45. The topological polar surface area (TPSA) is 67.2 Å². The molecule has 1 aliphatic rings. The predicted molar refractivity (Wildman–Crippen MR) is 87.2 cm³/mol. The van der Waals surface area contributed by atoms with Gasteiger partial charge in [0.2, 0.25) is 5.91 Å². The molecule has 0 spiro atoms. The minimum absolute atomic E-state index is 0.0354. The largest absolute Gasteiger partial charge is 0.352 e. The standard InChI is InChI=1S/C15H20N4O2S/c1-2-18-6-3-11(4-7-18)17-13(20)9-19-10-16-12-5-8-22-14(12)15(19)21/h5,8,10-11H,2-4,6-7,9H2,1H3,(H,17,20). The van der Waals surface area contributed by atoms with E-state index in [0.29, 0.717) is 10.2 Å². The molecule has 3 heterocycles. The summed E-state index contributed by atoms with van der Waals surface area (Å²) in [6.45, 7) is 5.28. The Morgan fingerprint density at radius 1 is 1.45 bits per heavy atom. The number of carbonyl (C=O) groups is 1. The van der Waals surface area contributed by atoms with E-state index < -0.39 is 0 Å². The van der Waals surface area contributed by atoms with Crippen LogP contribution in [0.1, 0.15) is 19.8 Å². The Labute approximate surface area is 132 Å². The van der Waals surface area contributed by atoms with Crippen molar-refractivity contribution >= 4 is 27.5 Å². The highest BCUT2D eigenvalue weighted by Crippen LogP contribution is 2.13. The highest BCUT2D eigenvalue weighted by atomic mass is 32.1. The van der Waals surface area contributed by atoms with Crippen molar-refractivity contribution in [2.75, 3.05) is 19.6 Å². The van der Waals surface area contributed by atoms with Crippen molar-refractivity contribution in [2.24, 2.45) is 0 Å². The Bertz CT molecular complexity index is 716. The van der Waals surface area contributed by atoms with Crippen LogP contribution in [0.5, 0.6) is 0 Å². The van der Waals surface area contributed by atoms with E-state index >= 15 is 0 Å². The van der Waals surface area contributed by atoms with Gasteiger partial charge in [-0.05, 0) is 30.8 Å². The van der Waals surface area contributed by atoms with Gasteiger partial charge in [0.1, 0.15) is 11.2 Å². The fourth-order valence-electron chi connectivity index (χ4n) is 2.81. The average molecular weight is 320 g/mol. The molecule has 1 saturated heterocycles. The maximum Gasteiger partial charge on any atom is 0.271 e. The number of rotatable bonds is 4. The molecule has 1 aliphatic heterocycles. The second-order valence-electron chi connectivity index (χ2n) is 5.59. The number of nitrogens with one attached hydrogen (secondary N) is 1. The normalized spacial score (nSPS) is 17.0. The van der Waals surface area contributed by atoms with Crippen molar-refractivity contribution in [1.29, 1.82) is 0 Å². The molecule has 0 radical (unpaired) electrons. The number of thiophene rings is 1. The van der Waals surface area contributed by atoms with E-state index in [1.807, 2.05) is 11.4 Å². The monoisotopic (exact) mass is 320 g/mol. The van der Waals surface area contributed by atoms with Crippen LogP contribution in [-0.2, 0) is 11.3 Å². The Balaban J connectivity index is 1.61. The zero-order valence-corrected chi connectivity index (χ0v) is 13.4. The molecule has 2 aromatic rings. The van der Waals surface area contributed by atoms with Crippen LogP contribution in [0.4, 0.5) is 0 Å². The third kappa shape index (κ3) is 3.20. The van der Waals surface area contributed by atoms with Gasteiger partial charge in [-0.2, -0.15) is 0 Å². The predicted octanol–water partition coefficient (Wildman–Crippen LogP) is 1.06. The maximum atomic E-state index is 12.2. The molecule has 118 valence electrons. The summed E-state index contributed by atoms with van der Waals surface area (Å²) in [7, 11) is 0. The zero-order valence-electron chi connectivity index (χ0n) is 12.6. The molecular weight excluding hydrogens is 300 g/mol. The molecular formula is C15H20N4O2S. The van der Waals surface area contributed by atoms with Gasteiger partial charge >= 0.3 is 0 Å². The summed E-state index contributed by atoms with van der Waals surface area (Å²) in [5, 5.41) is 4.87. The van der Waals surface area contributed by atoms with Gasteiger partial charge in [0.25, 0.3) is 5.56 Å². The minimum atomic E-state index is -0.143. The number of piperidine rings is 1. The third-order valence-electron chi connectivity index (χ3n) is 4.15. The van der Waals surface area contributed by atoms with E-state index in [1.165, 1.54) is 22.2 Å². The summed E-state index contributed by atoms with van der Waals surface area (Å²) in [6.07, 6.45) is 3.39. The van der Waals surface area contributed by atoms with E-state index in [9.17, 15) is 9.59 Å². The number of fused-ring (bicyclic) bond motifs is 1. The summed E-state index contributed by atoms with van der Waals surface area (Å²) in [6, 6.07) is 2.03. The first-order valence-corrected chi connectivity index (χ1v) is 8.49. The van der Waals surface area contributed by atoms with Crippen molar-refractivity contribution in [3.05, 3.63) is 28.1 Å². The number of hydrogen-bond acceptors (Lipinski definition) is 5. The molecule has 1 N–H and O–H groups in total. The molecule has 1 fully saturated rings. The number of amides is 1. The number of aromatic nitrogens is 2. The smallest absolute Gasteiger partial charge is 0.271 e. The fourth-order valence-corrected chi connectivity index (χ4v) is 3.61. The lowest BCUT2D eigenvalue weighted by Gasteiger charge is -2.31. The van der Waals surface area contributed by atoms with E-state index in [0.717, 1.165) is 32.5 Å². The third-order valence-corrected chi connectivity index (χ3v) is 5.04. The molecule has 2 aromatic heterocycles. The lowest BCUT2D eigenvalue weighted by molar-refractivity contribution is -0.122. The van der Waals surface area contributed by atoms with Crippen molar-refractivity contribution in [2.45, 2.75) is 32.4 Å². The first kappa shape index (κ1) is 15.2. The average Bonchev–Trinajstić information content (AvgIpc) is 3.00. The molecule has 0 atom stereocenters. The van der Waals surface area contributed by atoms with E-state index in [2.05, 4.69) is 22.1 Å². The van der Waals surface area contributed by atoms with Gasteiger partial charge in [-0.15, -0.1) is 11.3 Å². The second-order valence-corrected chi connectivity index (χ2v) is 6.50. The molecule has 0 unspecified atom stereocenters. The van der Waals surface area contributed by atoms with Gasteiger partial charge in [0, 0.05) is 19.1 Å². The van der Waals surface area contributed by atoms with Crippen LogP contribution in [0, 0.1) is 0 Å². The molecule has 0 saturated carbocycles. The van der Waals surface area contributed by atoms with Gasteiger partial charge in [0.15, 0.2) is 0 Å². The van der Waals surface area contributed by atoms with Crippen molar-refractivity contribution in [3.8, 4) is 0 Å². The highest BCUT2D eigenvalue weighted by Gasteiger charge is 2.20. The molecule has 0 bridgehead atoms. The number of hydrogen-bond donors (Lipinski definition) is 1. The molecule has 1 amide bonds. The zero-order chi connectivity index (χ0) is 15.5. The summed E-state index contributed by atoms with van der Waals surface area (Å²) in [5.74, 6) is -0.116. The quantitative estimate of drug-likeness (QED) is 0.915. The molecule has 7 heteroatoms. The molecule has 0 aromatic carbocycles. The Kier molecular flexibility index (Phi) is 4.54. The van der Waals surface area contributed by atoms with Crippen LogP contribution in [0.25, 0.3) is 10.2 Å². The maximum absolute atomic E-state index is 12.2. The van der Waals surface area contributed by atoms with Crippen molar-refractivity contribution in [3.63, 3.8) is 0 Å². The first-order chi connectivity index (χ1) is 10.7. The second kappa shape index (κ2) is 6.58. The van der Waals surface area contributed by atoms with Crippen molar-refractivity contribution in [1.82, 2.24) is 19.8 Å². The summed E-state index contributed by atoms with van der Waals surface area (Å²) in [5.41, 5.74) is 0.551. The lowest BCUT2D eigenvalue weighted by atomic mass is 10.1. The molecule has 22 heavy (non-hydrogen) atoms. The SMILES string of the molecule is CCN1CCC(NC(=O)Cn2cnc3ccsc3c2=O)CC1. The van der Waals surface area contributed by atoms with Crippen LogP contribution in [0.15, 0.2) is 22.6 Å². The Morgan fingerprint density at radius 3 is 2.95 bits per heavy atom. The van der Waals surface area contributed by atoms with Crippen LogP contribution in [0.2, 0.25) is 0 Å². The summed E-state index contributed by atoms with van der Waals surface area (Å²) < 4.78 is 1.99. The number of carbonyl (C=O) groups excluding carboxylic acids is 1. The number of nitrogens with zero attached hydrogens (tertiary/aromatic N) is 3. The number of likely N-dealkylation sites (tertiary alicyclic amines) is 1. The van der Waals surface area contributed by atoms with Crippen LogP contribution < -0.4 is 10.9 Å². The molecule has 3 rings (SSSR count). The Morgan fingerprint density at radius 2 is 2.23 bits per heavy atom. The van der Waals surface area contributed by atoms with Gasteiger partial charge in [0.05, 0.1) is 11.8 Å². The van der Waals surface area contributed by atoms with Gasteiger partial charge in [-0.25, -0.2) is 4.98 Å². The summed E-state index contributed by atoms with van der Waals surface area (Å²) in [4.78, 5) is 31.0. The summed E-state index contributed by atoms with van der Waals surface area (Å²) >= 11 is 1.36.